The number of carbonyl (C=O) groups excluding carboxylic acids is 1. The number of hydrogen-bond acceptors (Lipinski definition) is 3. The van der Waals surface area contributed by atoms with E-state index in [9.17, 15) is 9.18 Å². The molecule has 0 saturated heterocycles. The average molecular weight is 260 g/mol. The van der Waals surface area contributed by atoms with Crippen molar-refractivity contribution in [2.24, 2.45) is 0 Å². The van der Waals surface area contributed by atoms with Gasteiger partial charge in [-0.15, -0.1) is 0 Å². The fourth-order valence-corrected chi connectivity index (χ4v) is 1.67. The Kier molecular flexibility index (Phi) is 3.75. The Balaban J connectivity index is 2.28. The van der Waals surface area contributed by atoms with Crippen LogP contribution in [0.25, 0.3) is 0 Å². The number of ether oxygens (including phenoxy) is 1. The van der Waals surface area contributed by atoms with Gasteiger partial charge in [-0.05, 0) is 18.2 Å². The second-order valence-corrected chi connectivity index (χ2v) is 3.93. The summed E-state index contributed by atoms with van der Waals surface area (Å²) in [5, 5.41) is 0. The molecule has 1 aromatic heterocycles. The lowest BCUT2D eigenvalue weighted by molar-refractivity contribution is 0.0992. The number of amides is 1. The molecule has 0 saturated carbocycles. The first kappa shape index (κ1) is 13.0. The minimum atomic E-state index is -0.676. The van der Waals surface area contributed by atoms with E-state index in [2.05, 4.69) is 4.98 Å². The standard InChI is InChI=1S/C14H13FN2O2/c1-17(11-4-3-5-12(9-11)19-2)14(18)10-6-7-16-13(15)8-10/h3-9H,1-2H3. The van der Waals surface area contributed by atoms with Crippen LogP contribution < -0.4 is 9.64 Å². The Morgan fingerprint density at radius 1 is 1.32 bits per heavy atom. The first-order chi connectivity index (χ1) is 9.11. The van der Waals surface area contributed by atoms with Crippen molar-refractivity contribution in [2.45, 2.75) is 0 Å². The predicted molar refractivity (Wildman–Crippen MR) is 69.9 cm³/mol. The molecule has 1 aromatic carbocycles. The molecule has 0 aliphatic heterocycles. The largest absolute Gasteiger partial charge is 0.497 e. The summed E-state index contributed by atoms with van der Waals surface area (Å²) in [7, 11) is 3.18. The van der Waals surface area contributed by atoms with E-state index in [0.29, 0.717) is 11.4 Å². The number of nitrogens with zero attached hydrogens (tertiary/aromatic N) is 2. The number of pyridine rings is 1. The van der Waals surface area contributed by atoms with Crippen LogP contribution in [0.2, 0.25) is 0 Å². The Morgan fingerprint density at radius 3 is 2.79 bits per heavy atom. The third-order valence-corrected chi connectivity index (χ3v) is 2.72. The number of anilines is 1. The number of benzene rings is 1. The van der Waals surface area contributed by atoms with Crippen molar-refractivity contribution >= 4 is 11.6 Å². The van der Waals surface area contributed by atoms with Gasteiger partial charge in [0.2, 0.25) is 5.95 Å². The fourth-order valence-electron chi connectivity index (χ4n) is 1.67. The second-order valence-electron chi connectivity index (χ2n) is 3.93. The van der Waals surface area contributed by atoms with Crippen LogP contribution in [0.4, 0.5) is 10.1 Å². The fraction of sp³-hybridized carbons (Fsp3) is 0.143. The average Bonchev–Trinajstić information content (AvgIpc) is 2.45. The summed E-state index contributed by atoms with van der Waals surface area (Å²) < 4.78 is 18.1. The van der Waals surface area contributed by atoms with E-state index in [1.54, 1.807) is 38.4 Å². The van der Waals surface area contributed by atoms with Crippen LogP contribution in [-0.2, 0) is 0 Å². The van der Waals surface area contributed by atoms with E-state index in [1.165, 1.54) is 17.2 Å². The van der Waals surface area contributed by atoms with Gasteiger partial charge in [0.1, 0.15) is 5.75 Å². The van der Waals surface area contributed by atoms with Crippen LogP contribution in [0.3, 0.4) is 0 Å². The minimum absolute atomic E-state index is 0.248. The van der Waals surface area contributed by atoms with Crippen molar-refractivity contribution in [3.8, 4) is 5.75 Å². The van der Waals surface area contributed by atoms with Gasteiger partial charge >= 0.3 is 0 Å². The monoisotopic (exact) mass is 260 g/mol. The molecule has 0 radical (unpaired) electrons. The number of carbonyl (C=O) groups is 1. The molecule has 0 fully saturated rings. The third kappa shape index (κ3) is 2.88. The molecule has 0 bridgehead atoms. The molecule has 2 aromatic rings. The highest BCUT2D eigenvalue weighted by Gasteiger charge is 2.14. The van der Waals surface area contributed by atoms with Crippen molar-refractivity contribution in [2.75, 3.05) is 19.1 Å². The van der Waals surface area contributed by atoms with Gasteiger partial charge in [-0.2, -0.15) is 4.39 Å². The Bertz CT molecular complexity index is 602. The molecule has 2 rings (SSSR count). The highest BCUT2D eigenvalue weighted by Crippen LogP contribution is 2.21. The van der Waals surface area contributed by atoms with Gasteiger partial charge < -0.3 is 9.64 Å². The van der Waals surface area contributed by atoms with Gasteiger partial charge in [0.05, 0.1) is 7.11 Å². The quantitative estimate of drug-likeness (QED) is 0.796. The predicted octanol–water partition coefficient (Wildman–Crippen LogP) is 2.51. The number of methoxy groups -OCH3 is 1. The summed E-state index contributed by atoms with van der Waals surface area (Å²) in [5.74, 6) is -0.336. The van der Waals surface area contributed by atoms with E-state index in [4.69, 9.17) is 4.74 Å². The lowest BCUT2D eigenvalue weighted by atomic mass is 10.2. The van der Waals surface area contributed by atoms with Gasteiger partial charge in [-0.1, -0.05) is 6.07 Å². The first-order valence-electron chi connectivity index (χ1n) is 5.65. The number of rotatable bonds is 3. The lowest BCUT2D eigenvalue weighted by Crippen LogP contribution is -2.26. The smallest absolute Gasteiger partial charge is 0.258 e. The summed E-state index contributed by atoms with van der Waals surface area (Å²) in [4.78, 5) is 17.0. The van der Waals surface area contributed by atoms with Crippen LogP contribution in [0.1, 0.15) is 10.4 Å². The van der Waals surface area contributed by atoms with Crippen molar-refractivity contribution in [3.63, 3.8) is 0 Å². The highest BCUT2D eigenvalue weighted by molar-refractivity contribution is 6.05. The molecule has 0 unspecified atom stereocenters. The second kappa shape index (κ2) is 5.48. The summed E-state index contributed by atoms with van der Waals surface area (Å²) in [5.41, 5.74) is 0.916. The topological polar surface area (TPSA) is 42.4 Å². The van der Waals surface area contributed by atoms with E-state index >= 15 is 0 Å². The van der Waals surface area contributed by atoms with Gasteiger partial charge in [0.25, 0.3) is 5.91 Å². The number of halogens is 1. The molecular weight excluding hydrogens is 247 g/mol. The SMILES string of the molecule is COc1cccc(N(C)C(=O)c2ccnc(F)c2)c1. The summed E-state index contributed by atoms with van der Waals surface area (Å²) in [6, 6.07) is 9.66. The van der Waals surface area contributed by atoms with Crippen molar-refractivity contribution in [1.29, 1.82) is 0 Å². The molecule has 5 heteroatoms. The maximum atomic E-state index is 13.0. The molecule has 98 valence electrons. The van der Waals surface area contributed by atoms with Crippen molar-refractivity contribution in [3.05, 3.63) is 54.1 Å². The van der Waals surface area contributed by atoms with Gasteiger partial charge in [-0.25, -0.2) is 4.98 Å². The van der Waals surface area contributed by atoms with Crippen LogP contribution in [0.5, 0.6) is 5.75 Å². The maximum absolute atomic E-state index is 13.0. The van der Waals surface area contributed by atoms with Gasteiger partial charge in [0, 0.05) is 36.6 Å². The minimum Gasteiger partial charge on any atom is -0.497 e. The number of hydrogen-bond donors (Lipinski definition) is 0. The molecule has 1 heterocycles. The molecule has 0 N–H and O–H groups in total. The normalized spacial score (nSPS) is 10.1. The zero-order valence-electron chi connectivity index (χ0n) is 10.6. The lowest BCUT2D eigenvalue weighted by Gasteiger charge is -2.18. The van der Waals surface area contributed by atoms with Gasteiger partial charge in [0.15, 0.2) is 0 Å². The maximum Gasteiger partial charge on any atom is 0.258 e. The Morgan fingerprint density at radius 2 is 2.11 bits per heavy atom. The molecule has 19 heavy (non-hydrogen) atoms. The summed E-state index contributed by atoms with van der Waals surface area (Å²) >= 11 is 0. The van der Waals surface area contributed by atoms with Crippen LogP contribution in [0, 0.1) is 5.95 Å². The first-order valence-corrected chi connectivity index (χ1v) is 5.65. The van der Waals surface area contributed by atoms with Crippen molar-refractivity contribution in [1.82, 2.24) is 4.98 Å². The summed E-state index contributed by atoms with van der Waals surface area (Å²) in [6.07, 6.45) is 1.27. The summed E-state index contributed by atoms with van der Waals surface area (Å²) in [6.45, 7) is 0. The zero-order chi connectivity index (χ0) is 13.8. The van der Waals surface area contributed by atoms with E-state index in [-0.39, 0.29) is 11.5 Å². The van der Waals surface area contributed by atoms with Crippen LogP contribution in [-0.4, -0.2) is 25.0 Å². The Hall–Kier alpha value is -2.43. The molecule has 0 aliphatic rings. The van der Waals surface area contributed by atoms with E-state index in [0.717, 1.165) is 6.07 Å². The highest BCUT2D eigenvalue weighted by atomic mass is 19.1. The van der Waals surface area contributed by atoms with E-state index in [1.807, 2.05) is 0 Å². The molecule has 0 spiro atoms. The molecular formula is C14H13FN2O2. The molecule has 1 amide bonds. The number of aromatic nitrogens is 1. The molecule has 4 nitrogen and oxygen atoms in total. The van der Waals surface area contributed by atoms with Crippen molar-refractivity contribution < 1.29 is 13.9 Å². The molecule has 0 atom stereocenters. The van der Waals surface area contributed by atoms with E-state index < -0.39 is 5.95 Å². The Labute approximate surface area is 110 Å². The molecule has 0 aliphatic carbocycles. The van der Waals surface area contributed by atoms with Crippen LogP contribution in [0.15, 0.2) is 42.6 Å². The zero-order valence-corrected chi connectivity index (χ0v) is 10.6. The van der Waals surface area contributed by atoms with Gasteiger partial charge in [-0.3, -0.25) is 4.79 Å². The van der Waals surface area contributed by atoms with Crippen LogP contribution >= 0.6 is 0 Å². The third-order valence-electron chi connectivity index (χ3n) is 2.72.